The second-order valence-electron chi connectivity index (χ2n) is 4.18. The molecule has 0 N–H and O–H groups in total. The van der Waals surface area contributed by atoms with Crippen molar-refractivity contribution in [2.75, 3.05) is 0 Å². The number of hydrogen-bond donors (Lipinski definition) is 0. The summed E-state index contributed by atoms with van der Waals surface area (Å²) < 4.78 is 0. The lowest BCUT2D eigenvalue weighted by Gasteiger charge is -2.30. The third-order valence-electron chi connectivity index (χ3n) is 3.33. The van der Waals surface area contributed by atoms with Crippen molar-refractivity contribution in [1.29, 1.82) is 0 Å². The van der Waals surface area contributed by atoms with Crippen molar-refractivity contribution in [3.63, 3.8) is 0 Å². The summed E-state index contributed by atoms with van der Waals surface area (Å²) in [7, 11) is 0. The maximum absolute atomic E-state index is 11.6. The highest BCUT2D eigenvalue weighted by Crippen LogP contribution is 2.35. The molecule has 0 fully saturated rings. The molecule has 0 amide bonds. The zero-order chi connectivity index (χ0) is 10.2. The molecule has 0 aromatic carbocycles. The number of carbonyl (C=O) groups is 1. The zero-order valence-corrected chi connectivity index (χ0v) is 8.98. The van der Waals surface area contributed by atoms with E-state index in [0.29, 0.717) is 24.0 Å². The molecule has 0 aliphatic heterocycles. The predicted molar refractivity (Wildman–Crippen MR) is 55.5 cm³/mol. The van der Waals surface area contributed by atoms with Gasteiger partial charge in [0.25, 0.3) is 0 Å². The summed E-state index contributed by atoms with van der Waals surface area (Å²) in [6.07, 6.45) is 0.652. The molecule has 1 heteroatoms. The van der Waals surface area contributed by atoms with E-state index < -0.39 is 0 Å². The Kier molecular flexibility index (Phi) is 2.74. The van der Waals surface area contributed by atoms with Gasteiger partial charge < -0.3 is 0 Å². The van der Waals surface area contributed by atoms with Gasteiger partial charge in [-0.3, -0.25) is 4.79 Å². The van der Waals surface area contributed by atoms with Crippen LogP contribution in [-0.4, -0.2) is 5.78 Å². The highest BCUT2D eigenvalue weighted by Gasteiger charge is 2.29. The molecule has 1 rings (SSSR count). The number of allylic oxidation sites excluding steroid dienone is 3. The Morgan fingerprint density at radius 1 is 1.46 bits per heavy atom. The molecule has 13 heavy (non-hydrogen) atoms. The highest BCUT2D eigenvalue weighted by atomic mass is 16.1. The first-order chi connectivity index (χ1) is 5.95. The lowest BCUT2D eigenvalue weighted by molar-refractivity contribution is -0.117. The average Bonchev–Trinajstić information content (AvgIpc) is 2.07. The van der Waals surface area contributed by atoms with Gasteiger partial charge in [-0.1, -0.05) is 24.6 Å². The first-order valence-corrected chi connectivity index (χ1v) is 4.81. The monoisotopic (exact) mass is 178 g/mol. The van der Waals surface area contributed by atoms with Gasteiger partial charge in [0.15, 0.2) is 5.78 Å². The van der Waals surface area contributed by atoms with Crippen molar-refractivity contribution in [2.45, 2.75) is 34.1 Å². The standard InChI is InChI=1S/C12H18O/c1-7(2)11-6-12(13)10(5)8(3)9(11)4/h9,11H,1,6H2,2-5H3/t9-,11+/m1/s1. The third kappa shape index (κ3) is 1.74. The molecule has 2 atom stereocenters. The van der Waals surface area contributed by atoms with E-state index in [1.165, 1.54) is 5.57 Å². The smallest absolute Gasteiger partial charge is 0.159 e. The summed E-state index contributed by atoms with van der Waals surface area (Å²) in [5.41, 5.74) is 3.34. The third-order valence-corrected chi connectivity index (χ3v) is 3.33. The van der Waals surface area contributed by atoms with E-state index in [1.54, 1.807) is 0 Å². The summed E-state index contributed by atoms with van der Waals surface area (Å²) in [6, 6.07) is 0. The highest BCUT2D eigenvalue weighted by molar-refractivity contribution is 5.96. The number of hydrogen-bond acceptors (Lipinski definition) is 1. The van der Waals surface area contributed by atoms with Gasteiger partial charge in [0.1, 0.15) is 0 Å². The van der Waals surface area contributed by atoms with Crippen molar-refractivity contribution in [3.8, 4) is 0 Å². The van der Waals surface area contributed by atoms with Crippen LogP contribution in [0.15, 0.2) is 23.3 Å². The van der Waals surface area contributed by atoms with Gasteiger partial charge in [0.2, 0.25) is 0 Å². The molecule has 1 aliphatic carbocycles. The van der Waals surface area contributed by atoms with Crippen LogP contribution in [-0.2, 0) is 4.79 Å². The number of Topliss-reactive ketones (excluding diaryl/α,β-unsaturated/α-hetero) is 1. The van der Waals surface area contributed by atoms with Crippen LogP contribution in [0.25, 0.3) is 0 Å². The Labute approximate surface area is 80.5 Å². The molecule has 0 aromatic rings. The fraction of sp³-hybridized carbons (Fsp3) is 0.583. The van der Waals surface area contributed by atoms with Crippen LogP contribution in [0.2, 0.25) is 0 Å². The molecule has 1 nitrogen and oxygen atoms in total. The van der Waals surface area contributed by atoms with E-state index in [2.05, 4.69) is 20.4 Å². The Morgan fingerprint density at radius 3 is 2.46 bits per heavy atom. The van der Waals surface area contributed by atoms with Gasteiger partial charge in [-0.2, -0.15) is 0 Å². The minimum atomic E-state index is 0.295. The van der Waals surface area contributed by atoms with Crippen LogP contribution in [0, 0.1) is 11.8 Å². The van der Waals surface area contributed by atoms with Crippen molar-refractivity contribution in [1.82, 2.24) is 0 Å². The van der Waals surface area contributed by atoms with Crippen LogP contribution < -0.4 is 0 Å². The molecule has 0 radical (unpaired) electrons. The average molecular weight is 178 g/mol. The quantitative estimate of drug-likeness (QED) is 0.564. The molecular formula is C12H18O. The first-order valence-electron chi connectivity index (χ1n) is 4.81. The van der Waals surface area contributed by atoms with Gasteiger partial charge in [-0.15, -0.1) is 0 Å². The largest absolute Gasteiger partial charge is 0.295 e. The van der Waals surface area contributed by atoms with E-state index >= 15 is 0 Å². The fourth-order valence-corrected chi connectivity index (χ4v) is 1.99. The summed E-state index contributed by atoms with van der Waals surface area (Å²) >= 11 is 0. The Morgan fingerprint density at radius 2 is 2.00 bits per heavy atom. The van der Waals surface area contributed by atoms with Crippen molar-refractivity contribution in [2.24, 2.45) is 11.8 Å². The second-order valence-corrected chi connectivity index (χ2v) is 4.18. The lowest BCUT2D eigenvalue weighted by Crippen LogP contribution is -2.25. The first kappa shape index (κ1) is 10.2. The number of rotatable bonds is 1. The van der Waals surface area contributed by atoms with Gasteiger partial charge in [-0.05, 0) is 38.2 Å². The Hall–Kier alpha value is -0.850. The molecule has 0 saturated carbocycles. The van der Waals surface area contributed by atoms with Gasteiger partial charge in [-0.25, -0.2) is 0 Å². The van der Waals surface area contributed by atoms with Crippen molar-refractivity contribution in [3.05, 3.63) is 23.3 Å². The van der Waals surface area contributed by atoms with Gasteiger partial charge in [0.05, 0.1) is 0 Å². The predicted octanol–water partition coefficient (Wildman–Crippen LogP) is 3.12. The molecule has 0 spiro atoms. The molecule has 0 saturated heterocycles. The lowest BCUT2D eigenvalue weighted by atomic mass is 9.73. The molecule has 0 unspecified atom stereocenters. The molecular weight excluding hydrogens is 160 g/mol. The SMILES string of the molecule is C=C(C)[C@@H]1CC(=O)C(C)=C(C)[C@H]1C. The summed E-state index contributed by atoms with van der Waals surface area (Å²) in [5.74, 6) is 1.13. The Balaban J connectivity index is 3.02. The van der Waals surface area contributed by atoms with Crippen molar-refractivity contribution >= 4 is 5.78 Å². The van der Waals surface area contributed by atoms with Crippen LogP contribution in [0.3, 0.4) is 0 Å². The summed E-state index contributed by atoms with van der Waals surface area (Å²) in [4.78, 5) is 11.6. The van der Waals surface area contributed by atoms with E-state index in [9.17, 15) is 4.79 Å². The summed E-state index contributed by atoms with van der Waals surface area (Å²) in [6.45, 7) is 12.1. The molecule has 72 valence electrons. The van der Waals surface area contributed by atoms with Crippen molar-refractivity contribution < 1.29 is 4.79 Å². The number of ketones is 1. The summed E-state index contributed by atoms with van der Waals surface area (Å²) in [5, 5.41) is 0. The van der Waals surface area contributed by atoms with Gasteiger partial charge in [0, 0.05) is 6.42 Å². The van der Waals surface area contributed by atoms with Crippen LogP contribution in [0.5, 0.6) is 0 Å². The molecule has 0 bridgehead atoms. The topological polar surface area (TPSA) is 17.1 Å². The zero-order valence-electron chi connectivity index (χ0n) is 8.98. The van der Waals surface area contributed by atoms with E-state index in [1.807, 2.05) is 13.8 Å². The molecule has 0 aromatic heterocycles. The van der Waals surface area contributed by atoms with E-state index in [-0.39, 0.29) is 0 Å². The Bertz CT molecular complexity index is 283. The fourth-order valence-electron chi connectivity index (χ4n) is 1.99. The van der Waals surface area contributed by atoms with Gasteiger partial charge >= 0.3 is 0 Å². The molecule has 1 aliphatic rings. The molecule has 0 heterocycles. The van der Waals surface area contributed by atoms with Crippen LogP contribution in [0.1, 0.15) is 34.1 Å². The maximum atomic E-state index is 11.6. The van der Waals surface area contributed by atoms with Crippen LogP contribution >= 0.6 is 0 Å². The maximum Gasteiger partial charge on any atom is 0.159 e. The normalized spacial score (nSPS) is 29.4. The van der Waals surface area contributed by atoms with E-state index in [0.717, 1.165) is 11.1 Å². The number of carbonyl (C=O) groups excluding carboxylic acids is 1. The second kappa shape index (κ2) is 3.49. The van der Waals surface area contributed by atoms with Crippen LogP contribution in [0.4, 0.5) is 0 Å². The minimum Gasteiger partial charge on any atom is -0.295 e. The van der Waals surface area contributed by atoms with E-state index in [4.69, 9.17) is 0 Å². The minimum absolute atomic E-state index is 0.295.